The summed E-state index contributed by atoms with van der Waals surface area (Å²) in [5, 5.41) is 1.13. The van der Waals surface area contributed by atoms with Gasteiger partial charge in [0, 0.05) is 17.8 Å². The average Bonchev–Trinajstić information content (AvgIpc) is 2.44. The monoisotopic (exact) mass is 250 g/mol. The number of fused-ring (bicyclic) bond motifs is 1. The number of anilines is 2. The van der Waals surface area contributed by atoms with Gasteiger partial charge >= 0.3 is 0 Å². The first-order chi connectivity index (χ1) is 9.24. The van der Waals surface area contributed by atoms with Crippen molar-refractivity contribution in [2.45, 2.75) is 6.42 Å². The molecule has 0 spiro atoms. The quantitative estimate of drug-likeness (QED) is 0.732. The van der Waals surface area contributed by atoms with Crippen LogP contribution in [0.5, 0.6) is 0 Å². The van der Waals surface area contributed by atoms with Crippen LogP contribution in [0, 0.1) is 0 Å². The summed E-state index contributed by atoms with van der Waals surface area (Å²) in [6, 6.07) is 12.1. The van der Waals surface area contributed by atoms with Gasteiger partial charge in [0.1, 0.15) is 5.82 Å². The lowest BCUT2D eigenvalue weighted by atomic mass is 10.0. The standard InChI is InChI=1S/C15H14N4/c16-14-12(5-7-19-15(14)17)9-10-3-4-13-11(8-10)2-1-6-18-13/h1-8H,9,16H2,(H2,17,19). The smallest absolute Gasteiger partial charge is 0.146 e. The lowest BCUT2D eigenvalue weighted by Crippen LogP contribution is -2.02. The summed E-state index contributed by atoms with van der Waals surface area (Å²) in [7, 11) is 0. The second-order valence-electron chi connectivity index (χ2n) is 4.48. The van der Waals surface area contributed by atoms with E-state index in [1.807, 2.05) is 18.2 Å². The molecule has 0 radical (unpaired) electrons. The summed E-state index contributed by atoms with van der Waals surface area (Å²) < 4.78 is 0. The van der Waals surface area contributed by atoms with Crippen LogP contribution in [0.2, 0.25) is 0 Å². The van der Waals surface area contributed by atoms with E-state index < -0.39 is 0 Å². The van der Waals surface area contributed by atoms with Crippen molar-refractivity contribution < 1.29 is 0 Å². The summed E-state index contributed by atoms with van der Waals surface area (Å²) >= 11 is 0. The van der Waals surface area contributed by atoms with Crippen LogP contribution >= 0.6 is 0 Å². The van der Waals surface area contributed by atoms with Crippen LogP contribution in [0.15, 0.2) is 48.8 Å². The van der Waals surface area contributed by atoms with Gasteiger partial charge in [-0.05, 0) is 41.8 Å². The lowest BCUT2D eigenvalue weighted by Gasteiger charge is -2.08. The molecule has 3 aromatic rings. The first-order valence-electron chi connectivity index (χ1n) is 6.06. The van der Waals surface area contributed by atoms with Crippen molar-refractivity contribution in [3.63, 3.8) is 0 Å². The Bertz CT molecular complexity index is 737. The average molecular weight is 250 g/mol. The minimum Gasteiger partial charge on any atom is -0.396 e. The fraction of sp³-hybridized carbons (Fsp3) is 0.0667. The van der Waals surface area contributed by atoms with Crippen molar-refractivity contribution in [3.05, 3.63) is 59.9 Å². The third-order valence-corrected chi connectivity index (χ3v) is 3.17. The van der Waals surface area contributed by atoms with Crippen LogP contribution in [0.1, 0.15) is 11.1 Å². The second kappa shape index (κ2) is 4.57. The molecule has 0 bridgehead atoms. The van der Waals surface area contributed by atoms with Crippen LogP contribution in [0.3, 0.4) is 0 Å². The number of nitrogens with two attached hydrogens (primary N) is 2. The number of pyridine rings is 2. The molecule has 4 heteroatoms. The Morgan fingerprint density at radius 3 is 2.74 bits per heavy atom. The van der Waals surface area contributed by atoms with E-state index in [9.17, 15) is 0 Å². The zero-order chi connectivity index (χ0) is 13.2. The highest BCUT2D eigenvalue weighted by molar-refractivity contribution is 5.79. The SMILES string of the molecule is Nc1nccc(Cc2ccc3ncccc3c2)c1N. The highest BCUT2D eigenvalue weighted by Crippen LogP contribution is 2.22. The van der Waals surface area contributed by atoms with Gasteiger partial charge in [0.15, 0.2) is 0 Å². The van der Waals surface area contributed by atoms with E-state index >= 15 is 0 Å². The van der Waals surface area contributed by atoms with Crippen LogP contribution in [0.25, 0.3) is 10.9 Å². The third-order valence-electron chi connectivity index (χ3n) is 3.17. The fourth-order valence-electron chi connectivity index (χ4n) is 2.14. The predicted molar refractivity (Wildman–Crippen MR) is 77.6 cm³/mol. The number of nitrogens with zero attached hydrogens (tertiary/aromatic N) is 2. The van der Waals surface area contributed by atoms with Gasteiger partial charge in [-0.1, -0.05) is 12.1 Å². The molecule has 19 heavy (non-hydrogen) atoms. The van der Waals surface area contributed by atoms with Gasteiger partial charge in [-0.3, -0.25) is 4.98 Å². The van der Waals surface area contributed by atoms with E-state index in [4.69, 9.17) is 11.5 Å². The van der Waals surface area contributed by atoms with Gasteiger partial charge in [-0.15, -0.1) is 0 Å². The van der Waals surface area contributed by atoms with Gasteiger partial charge in [-0.2, -0.15) is 0 Å². The second-order valence-corrected chi connectivity index (χ2v) is 4.48. The number of rotatable bonds is 2. The van der Waals surface area contributed by atoms with Gasteiger partial charge in [0.05, 0.1) is 11.2 Å². The summed E-state index contributed by atoms with van der Waals surface area (Å²) in [5.74, 6) is 0.389. The van der Waals surface area contributed by atoms with E-state index in [-0.39, 0.29) is 0 Å². The molecule has 0 saturated heterocycles. The highest BCUT2D eigenvalue weighted by atomic mass is 14.9. The van der Waals surface area contributed by atoms with Crippen molar-refractivity contribution in [2.24, 2.45) is 0 Å². The Balaban J connectivity index is 1.99. The molecule has 0 unspecified atom stereocenters. The minimum absolute atomic E-state index is 0.389. The topological polar surface area (TPSA) is 77.8 Å². The van der Waals surface area contributed by atoms with E-state index in [1.54, 1.807) is 12.4 Å². The van der Waals surface area contributed by atoms with Crippen LogP contribution in [-0.4, -0.2) is 9.97 Å². The first-order valence-corrected chi connectivity index (χ1v) is 6.06. The highest BCUT2D eigenvalue weighted by Gasteiger charge is 2.05. The van der Waals surface area contributed by atoms with Crippen molar-refractivity contribution in [3.8, 4) is 0 Å². The number of hydrogen-bond acceptors (Lipinski definition) is 4. The molecule has 4 N–H and O–H groups in total. The van der Waals surface area contributed by atoms with Crippen molar-refractivity contribution in [1.29, 1.82) is 0 Å². The maximum absolute atomic E-state index is 5.94. The molecular formula is C15H14N4. The Kier molecular flexibility index (Phi) is 2.76. The Morgan fingerprint density at radius 2 is 1.84 bits per heavy atom. The Labute approximate surface area is 111 Å². The zero-order valence-corrected chi connectivity index (χ0v) is 10.4. The molecule has 0 amide bonds. The summed E-state index contributed by atoms with van der Waals surface area (Å²) in [4.78, 5) is 8.28. The number of aromatic nitrogens is 2. The normalized spacial score (nSPS) is 10.7. The molecule has 1 aromatic carbocycles. The lowest BCUT2D eigenvalue weighted by molar-refractivity contribution is 1.18. The molecule has 0 atom stereocenters. The molecule has 94 valence electrons. The summed E-state index contributed by atoms with van der Waals surface area (Å²) in [5.41, 5.74) is 15.4. The molecule has 2 aromatic heterocycles. The number of benzene rings is 1. The molecule has 0 aliphatic rings. The molecule has 0 saturated carbocycles. The largest absolute Gasteiger partial charge is 0.396 e. The predicted octanol–water partition coefficient (Wildman–Crippen LogP) is 2.38. The molecule has 0 aliphatic carbocycles. The molecular weight excluding hydrogens is 236 g/mol. The van der Waals surface area contributed by atoms with Gasteiger partial charge in [0.25, 0.3) is 0 Å². The number of hydrogen-bond donors (Lipinski definition) is 2. The van der Waals surface area contributed by atoms with Crippen LogP contribution in [0.4, 0.5) is 11.5 Å². The molecule has 0 aliphatic heterocycles. The zero-order valence-electron chi connectivity index (χ0n) is 10.4. The molecule has 2 heterocycles. The maximum Gasteiger partial charge on any atom is 0.146 e. The van der Waals surface area contributed by atoms with Crippen molar-refractivity contribution >= 4 is 22.4 Å². The van der Waals surface area contributed by atoms with E-state index in [1.165, 1.54) is 5.56 Å². The van der Waals surface area contributed by atoms with Crippen LogP contribution in [-0.2, 0) is 6.42 Å². The van der Waals surface area contributed by atoms with Crippen molar-refractivity contribution in [1.82, 2.24) is 9.97 Å². The number of nitrogen functional groups attached to an aromatic ring is 2. The maximum atomic E-state index is 5.94. The Hall–Kier alpha value is -2.62. The van der Waals surface area contributed by atoms with E-state index in [0.717, 1.165) is 22.9 Å². The molecule has 4 nitrogen and oxygen atoms in total. The summed E-state index contributed by atoms with van der Waals surface area (Å²) in [6.07, 6.45) is 4.22. The van der Waals surface area contributed by atoms with Crippen molar-refractivity contribution in [2.75, 3.05) is 11.5 Å². The van der Waals surface area contributed by atoms with E-state index in [0.29, 0.717) is 11.5 Å². The fourth-order valence-corrected chi connectivity index (χ4v) is 2.14. The minimum atomic E-state index is 0.389. The Morgan fingerprint density at radius 1 is 0.947 bits per heavy atom. The molecule has 3 rings (SSSR count). The van der Waals surface area contributed by atoms with Crippen LogP contribution < -0.4 is 11.5 Å². The van der Waals surface area contributed by atoms with Gasteiger partial charge in [0.2, 0.25) is 0 Å². The molecule has 0 fully saturated rings. The van der Waals surface area contributed by atoms with Gasteiger partial charge in [-0.25, -0.2) is 4.98 Å². The van der Waals surface area contributed by atoms with Gasteiger partial charge < -0.3 is 11.5 Å². The van der Waals surface area contributed by atoms with E-state index in [2.05, 4.69) is 28.2 Å². The summed E-state index contributed by atoms with van der Waals surface area (Å²) in [6.45, 7) is 0. The first kappa shape index (κ1) is 11.5. The third kappa shape index (κ3) is 2.20.